The molecule has 0 aliphatic heterocycles. The number of pyridine rings is 1. The van der Waals surface area contributed by atoms with Crippen molar-refractivity contribution in [2.75, 3.05) is 22.3 Å². The lowest BCUT2D eigenvalue weighted by Gasteiger charge is -2.04. The minimum absolute atomic E-state index is 0.0430. The van der Waals surface area contributed by atoms with E-state index >= 15 is 0 Å². The van der Waals surface area contributed by atoms with Crippen molar-refractivity contribution < 1.29 is 9.72 Å². The maximum atomic E-state index is 12.0. The van der Waals surface area contributed by atoms with Gasteiger partial charge in [0.25, 0.3) is 11.6 Å². The van der Waals surface area contributed by atoms with Gasteiger partial charge in [-0.15, -0.1) is 10.2 Å². The first-order valence-electron chi connectivity index (χ1n) is 8.10. The minimum Gasteiger partial charge on any atom is -0.334 e. The number of nitro benzene ring substituents is 1. The molecule has 2 aromatic heterocycles. The molecule has 0 fully saturated rings. The molecule has 12 nitrogen and oxygen atoms in total. The number of nitro groups is 1. The maximum Gasteiger partial charge on any atom is 0.270 e. The van der Waals surface area contributed by atoms with Crippen LogP contribution in [-0.2, 0) is 4.79 Å². The number of thioether (sulfide) groups is 1. The second-order valence-electron chi connectivity index (χ2n) is 5.45. The number of carbonyl (C=O) groups is 1. The van der Waals surface area contributed by atoms with Gasteiger partial charge in [0.05, 0.1) is 16.9 Å². The van der Waals surface area contributed by atoms with Gasteiger partial charge in [0, 0.05) is 23.9 Å². The first-order valence-corrected chi connectivity index (χ1v) is 9.09. The van der Waals surface area contributed by atoms with Crippen LogP contribution in [0.15, 0.2) is 58.9 Å². The van der Waals surface area contributed by atoms with Crippen molar-refractivity contribution in [1.82, 2.24) is 19.9 Å². The number of aromatic nitrogens is 4. The summed E-state index contributed by atoms with van der Waals surface area (Å²) in [6.45, 7) is 0. The molecule has 0 spiro atoms. The minimum atomic E-state index is -0.491. The van der Waals surface area contributed by atoms with Gasteiger partial charge in [0.1, 0.15) is 5.82 Å². The number of nitrogens with two attached hydrogens (primary N) is 1. The van der Waals surface area contributed by atoms with E-state index in [0.29, 0.717) is 16.5 Å². The first-order chi connectivity index (χ1) is 14.0. The first kappa shape index (κ1) is 19.8. The summed E-state index contributed by atoms with van der Waals surface area (Å²) >= 11 is 1.09. The third kappa shape index (κ3) is 5.49. The highest BCUT2D eigenvalue weighted by Gasteiger charge is 2.12. The van der Waals surface area contributed by atoms with Crippen LogP contribution in [0.3, 0.4) is 0 Å². The predicted molar refractivity (Wildman–Crippen MR) is 108 cm³/mol. The standard InChI is InChI=1S/C16H15N9O3S/c17-24-15(21-19-9-11-4-3-5-12(8-11)25(27)28)22-23-16(24)29-10-14(26)20-13-6-1-2-7-18-13/h1-9H,10,17H2,(H,21,22)(H,18,20,26)/b19-9+. The number of hydrazone groups is 1. The third-order valence-corrected chi connectivity index (χ3v) is 4.33. The summed E-state index contributed by atoms with van der Waals surface area (Å²) < 4.78 is 1.14. The lowest BCUT2D eigenvalue weighted by atomic mass is 10.2. The maximum absolute atomic E-state index is 12.0. The quantitative estimate of drug-likeness (QED) is 0.163. The molecule has 13 heteroatoms. The van der Waals surface area contributed by atoms with Gasteiger partial charge in [-0.1, -0.05) is 30.0 Å². The Hall–Kier alpha value is -4.00. The third-order valence-electron chi connectivity index (χ3n) is 3.39. The molecular weight excluding hydrogens is 398 g/mol. The molecule has 1 aromatic carbocycles. The highest BCUT2D eigenvalue weighted by Crippen LogP contribution is 2.17. The largest absolute Gasteiger partial charge is 0.334 e. The molecule has 1 amide bonds. The molecule has 0 aliphatic rings. The number of nitrogens with zero attached hydrogens (tertiary/aromatic N) is 6. The number of nitrogen functional groups attached to an aromatic ring is 1. The molecule has 0 radical (unpaired) electrons. The predicted octanol–water partition coefficient (Wildman–Crippen LogP) is 1.47. The van der Waals surface area contributed by atoms with Crippen molar-refractivity contribution in [2.24, 2.45) is 5.10 Å². The topological polar surface area (TPSA) is 166 Å². The fourth-order valence-electron chi connectivity index (χ4n) is 2.08. The molecule has 2 heterocycles. The van der Waals surface area contributed by atoms with Crippen LogP contribution in [-0.4, -0.2) is 42.7 Å². The van der Waals surface area contributed by atoms with Gasteiger partial charge < -0.3 is 11.2 Å². The van der Waals surface area contributed by atoms with Crippen LogP contribution in [0.1, 0.15) is 5.56 Å². The average Bonchev–Trinajstić information content (AvgIpc) is 3.07. The number of carbonyl (C=O) groups excluding carboxylic acids is 1. The van der Waals surface area contributed by atoms with Gasteiger partial charge in [0.15, 0.2) is 0 Å². The van der Waals surface area contributed by atoms with Crippen LogP contribution in [0.4, 0.5) is 17.5 Å². The van der Waals surface area contributed by atoms with Crippen LogP contribution >= 0.6 is 11.8 Å². The summed E-state index contributed by atoms with van der Waals surface area (Å²) in [4.78, 5) is 26.2. The Bertz CT molecular complexity index is 1040. The molecule has 3 rings (SSSR count). The Morgan fingerprint density at radius 3 is 2.93 bits per heavy atom. The zero-order valence-corrected chi connectivity index (χ0v) is 15.6. The number of amides is 1. The molecule has 29 heavy (non-hydrogen) atoms. The van der Waals surface area contributed by atoms with Crippen LogP contribution in [0.25, 0.3) is 0 Å². The van der Waals surface area contributed by atoms with Gasteiger partial charge in [-0.3, -0.25) is 14.9 Å². The normalized spacial score (nSPS) is 10.8. The summed E-state index contributed by atoms with van der Waals surface area (Å²) in [6.07, 6.45) is 2.96. The van der Waals surface area contributed by atoms with E-state index in [9.17, 15) is 14.9 Å². The summed E-state index contributed by atoms with van der Waals surface area (Å²) in [5.41, 5.74) is 3.08. The van der Waals surface area contributed by atoms with Gasteiger partial charge in [-0.2, -0.15) is 5.10 Å². The Labute approximate surface area is 168 Å². The van der Waals surface area contributed by atoms with Gasteiger partial charge in [-0.25, -0.2) is 15.1 Å². The Morgan fingerprint density at radius 1 is 1.31 bits per heavy atom. The lowest BCUT2D eigenvalue weighted by molar-refractivity contribution is -0.384. The van der Waals surface area contributed by atoms with Gasteiger partial charge in [0.2, 0.25) is 11.1 Å². The molecule has 0 saturated carbocycles. The summed E-state index contributed by atoms with van der Waals surface area (Å²) in [7, 11) is 0. The van der Waals surface area contributed by atoms with Crippen molar-refractivity contribution in [3.63, 3.8) is 0 Å². The Balaban J connectivity index is 1.54. The molecule has 0 unspecified atom stereocenters. The van der Waals surface area contributed by atoms with Crippen LogP contribution in [0.2, 0.25) is 0 Å². The fraction of sp³-hybridized carbons (Fsp3) is 0.0625. The van der Waals surface area contributed by atoms with E-state index in [1.165, 1.54) is 18.3 Å². The number of benzene rings is 1. The highest BCUT2D eigenvalue weighted by molar-refractivity contribution is 7.99. The van der Waals surface area contributed by atoms with Crippen molar-refractivity contribution in [3.8, 4) is 0 Å². The van der Waals surface area contributed by atoms with E-state index in [4.69, 9.17) is 5.84 Å². The number of hydrogen-bond acceptors (Lipinski definition) is 10. The summed E-state index contributed by atoms with van der Waals surface area (Å²) in [5.74, 6) is 6.26. The van der Waals surface area contributed by atoms with Gasteiger partial charge in [-0.05, 0) is 12.1 Å². The van der Waals surface area contributed by atoms with Gasteiger partial charge >= 0.3 is 0 Å². The fourth-order valence-corrected chi connectivity index (χ4v) is 2.74. The van der Waals surface area contributed by atoms with E-state index < -0.39 is 4.92 Å². The molecule has 3 aromatic rings. The van der Waals surface area contributed by atoms with E-state index in [1.54, 1.807) is 36.5 Å². The highest BCUT2D eigenvalue weighted by atomic mass is 32.2. The Kier molecular flexibility index (Phi) is 6.32. The summed E-state index contributed by atoms with van der Waals surface area (Å²) in [5, 5.41) is 25.4. The molecule has 0 saturated heterocycles. The van der Waals surface area contributed by atoms with Crippen LogP contribution in [0.5, 0.6) is 0 Å². The van der Waals surface area contributed by atoms with Crippen LogP contribution in [0, 0.1) is 10.1 Å². The SMILES string of the molecule is Nn1c(N/N=C/c2cccc([N+](=O)[O-])c2)nnc1SCC(=O)Nc1ccccn1. The average molecular weight is 413 g/mol. The zero-order chi connectivity index (χ0) is 20.6. The molecule has 0 bridgehead atoms. The summed E-state index contributed by atoms with van der Waals surface area (Å²) in [6, 6.07) is 11.2. The molecule has 0 atom stereocenters. The zero-order valence-electron chi connectivity index (χ0n) is 14.8. The second kappa shape index (κ2) is 9.27. The molecule has 148 valence electrons. The van der Waals surface area contributed by atoms with Crippen molar-refractivity contribution in [3.05, 3.63) is 64.3 Å². The van der Waals surface area contributed by atoms with E-state index in [2.05, 4.69) is 31.0 Å². The molecule has 4 N–H and O–H groups in total. The smallest absolute Gasteiger partial charge is 0.270 e. The molecule has 0 aliphatic carbocycles. The van der Waals surface area contributed by atoms with Crippen molar-refractivity contribution in [1.29, 1.82) is 0 Å². The van der Waals surface area contributed by atoms with Crippen LogP contribution < -0.4 is 16.6 Å². The number of anilines is 2. The van der Waals surface area contributed by atoms with Crippen molar-refractivity contribution in [2.45, 2.75) is 5.16 Å². The van der Waals surface area contributed by atoms with E-state index in [1.807, 2.05) is 0 Å². The lowest BCUT2D eigenvalue weighted by Crippen LogP contribution is -2.17. The monoisotopic (exact) mass is 413 g/mol. The number of hydrogen-bond donors (Lipinski definition) is 3. The second-order valence-corrected chi connectivity index (χ2v) is 6.39. The Morgan fingerprint density at radius 2 is 2.17 bits per heavy atom. The van der Waals surface area contributed by atoms with Crippen molar-refractivity contribution >= 4 is 41.3 Å². The number of rotatable bonds is 8. The number of non-ortho nitro benzene ring substituents is 1. The number of nitrogens with one attached hydrogen (secondary N) is 2. The van der Waals surface area contributed by atoms with E-state index in [-0.39, 0.29) is 23.3 Å². The van der Waals surface area contributed by atoms with E-state index in [0.717, 1.165) is 16.4 Å². The molecular formula is C16H15N9O3S.